The van der Waals surface area contributed by atoms with Crippen molar-refractivity contribution in [2.75, 3.05) is 24.2 Å². The Balaban J connectivity index is 1.35. The van der Waals surface area contributed by atoms with Crippen LogP contribution in [-0.2, 0) is 11.3 Å². The van der Waals surface area contributed by atoms with Crippen molar-refractivity contribution in [1.29, 1.82) is 0 Å². The normalized spacial score (nSPS) is 17.2. The zero-order chi connectivity index (χ0) is 17.9. The Morgan fingerprint density at radius 3 is 2.92 bits per heavy atom. The lowest BCUT2D eigenvalue weighted by molar-refractivity contribution is -0.133. The molecular formula is C18H20N4O2S2. The molecule has 0 bridgehead atoms. The number of aliphatic carboxylic acids is 1. The monoisotopic (exact) mass is 388 g/mol. The Bertz CT molecular complexity index is 810. The first kappa shape index (κ1) is 17.6. The smallest absolute Gasteiger partial charge is 0.313 e. The zero-order valence-electron chi connectivity index (χ0n) is 14.2. The van der Waals surface area contributed by atoms with Crippen LogP contribution in [-0.4, -0.2) is 50.0 Å². The molecule has 26 heavy (non-hydrogen) atoms. The van der Waals surface area contributed by atoms with Crippen molar-refractivity contribution >= 4 is 41.0 Å². The number of likely N-dealkylation sites (tertiary alicyclic amines) is 1. The van der Waals surface area contributed by atoms with E-state index in [2.05, 4.69) is 38.4 Å². The van der Waals surface area contributed by atoms with Gasteiger partial charge in [-0.3, -0.25) is 9.69 Å². The molecule has 3 heterocycles. The van der Waals surface area contributed by atoms with Gasteiger partial charge in [0.1, 0.15) is 5.03 Å². The molecule has 0 amide bonds. The minimum Gasteiger partial charge on any atom is -0.481 e. The fourth-order valence-electron chi connectivity index (χ4n) is 3.26. The summed E-state index contributed by atoms with van der Waals surface area (Å²) in [6.07, 6.45) is 5.53. The molecule has 136 valence electrons. The molecule has 2 aromatic rings. The molecular weight excluding hydrogens is 368 g/mol. The lowest BCUT2D eigenvalue weighted by Gasteiger charge is -2.31. The number of anilines is 2. The van der Waals surface area contributed by atoms with Crippen LogP contribution in [0.1, 0.15) is 18.4 Å². The number of nitrogens with one attached hydrogen (secondary N) is 1. The molecule has 0 spiro atoms. The molecule has 2 N–H and O–H groups in total. The van der Waals surface area contributed by atoms with E-state index in [9.17, 15) is 4.79 Å². The Labute approximate surface area is 160 Å². The number of thioether (sulfide) groups is 1. The van der Waals surface area contributed by atoms with E-state index in [-0.39, 0.29) is 5.75 Å². The number of piperidine rings is 1. The number of aromatic nitrogens is 2. The molecule has 4 rings (SSSR count). The summed E-state index contributed by atoms with van der Waals surface area (Å²) in [6.45, 7) is 2.96. The standard InChI is InChI=1S/C18H20N4O2S2/c23-16(24)11-25-13-3-7-22(8-4-13)10-12-1-2-15-14(9-12)21-17-18(26-15)20-6-5-19-17/h1-2,5-6,9,13H,3-4,7-8,10-11H2,(H,19,21)(H,23,24). The molecule has 1 aromatic heterocycles. The average molecular weight is 389 g/mol. The zero-order valence-corrected chi connectivity index (χ0v) is 15.9. The molecule has 1 aromatic carbocycles. The number of rotatable bonds is 5. The quantitative estimate of drug-likeness (QED) is 0.688. The van der Waals surface area contributed by atoms with E-state index >= 15 is 0 Å². The molecule has 2 aliphatic heterocycles. The average Bonchev–Trinajstić information content (AvgIpc) is 2.66. The van der Waals surface area contributed by atoms with Crippen LogP contribution in [0.25, 0.3) is 0 Å². The highest BCUT2D eigenvalue weighted by Crippen LogP contribution is 2.42. The van der Waals surface area contributed by atoms with Gasteiger partial charge in [-0.1, -0.05) is 17.8 Å². The van der Waals surface area contributed by atoms with Crippen molar-refractivity contribution in [1.82, 2.24) is 14.9 Å². The molecule has 2 aliphatic rings. The predicted molar refractivity (Wildman–Crippen MR) is 104 cm³/mol. The molecule has 0 saturated carbocycles. The number of benzene rings is 1. The lowest BCUT2D eigenvalue weighted by atomic mass is 10.1. The fraction of sp³-hybridized carbons (Fsp3) is 0.389. The molecule has 1 saturated heterocycles. The van der Waals surface area contributed by atoms with Crippen molar-refractivity contribution in [2.45, 2.75) is 34.6 Å². The maximum Gasteiger partial charge on any atom is 0.313 e. The molecule has 0 unspecified atom stereocenters. The third kappa shape index (κ3) is 4.13. The number of carboxylic acids is 1. The van der Waals surface area contributed by atoms with Gasteiger partial charge < -0.3 is 10.4 Å². The molecule has 1 fully saturated rings. The second-order valence-corrected chi connectivity index (χ2v) is 8.77. The van der Waals surface area contributed by atoms with E-state index in [1.54, 1.807) is 35.9 Å². The van der Waals surface area contributed by atoms with Crippen LogP contribution in [0.5, 0.6) is 0 Å². The summed E-state index contributed by atoms with van der Waals surface area (Å²) in [4.78, 5) is 23.0. The van der Waals surface area contributed by atoms with Gasteiger partial charge in [0.15, 0.2) is 5.82 Å². The Morgan fingerprint density at radius 1 is 1.31 bits per heavy atom. The molecule has 0 radical (unpaired) electrons. The van der Waals surface area contributed by atoms with Crippen molar-refractivity contribution in [3.8, 4) is 0 Å². The number of hydrogen-bond acceptors (Lipinski definition) is 7. The number of fused-ring (bicyclic) bond motifs is 2. The van der Waals surface area contributed by atoms with Gasteiger partial charge in [-0.25, -0.2) is 9.97 Å². The minimum atomic E-state index is -0.719. The van der Waals surface area contributed by atoms with Crippen molar-refractivity contribution in [3.63, 3.8) is 0 Å². The maximum absolute atomic E-state index is 10.7. The summed E-state index contributed by atoms with van der Waals surface area (Å²) in [5.41, 5.74) is 2.37. The number of nitrogens with zero attached hydrogens (tertiary/aromatic N) is 3. The lowest BCUT2D eigenvalue weighted by Crippen LogP contribution is -2.34. The summed E-state index contributed by atoms with van der Waals surface area (Å²) in [6, 6.07) is 6.53. The van der Waals surface area contributed by atoms with E-state index in [0.29, 0.717) is 5.25 Å². The maximum atomic E-state index is 10.7. The SMILES string of the molecule is O=C(O)CSC1CCN(Cc2ccc3c(c2)Nc2nccnc2S3)CC1. The van der Waals surface area contributed by atoms with Crippen LogP contribution in [0, 0.1) is 0 Å². The molecule has 8 heteroatoms. The first-order chi connectivity index (χ1) is 12.7. The summed E-state index contributed by atoms with van der Waals surface area (Å²) in [5, 5.41) is 13.6. The van der Waals surface area contributed by atoms with E-state index in [1.165, 1.54) is 10.5 Å². The Kier molecular flexibility index (Phi) is 5.33. The topological polar surface area (TPSA) is 78.4 Å². The van der Waals surface area contributed by atoms with E-state index in [0.717, 1.165) is 49.0 Å². The van der Waals surface area contributed by atoms with Gasteiger partial charge in [0.2, 0.25) is 0 Å². The van der Waals surface area contributed by atoms with Gasteiger partial charge in [-0.05, 0) is 43.6 Å². The van der Waals surface area contributed by atoms with Crippen molar-refractivity contribution in [2.24, 2.45) is 0 Å². The highest BCUT2D eigenvalue weighted by molar-refractivity contribution is 8.00. The predicted octanol–water partition coefficient (Wildman–Crippen LogP) is 3.47. The van der Waals surface area contributed by atoms with E-state index < -0.39 is 5.97 Å². The minimum absolute atomic E-state index is 0.211. The van der Waals surface area contributed by atoms with Gasteiger partial charge >= 0.3 is 5.97 Å². The first-order valence-corrected chi connectivity index (χ1v) is 10.5. The van der Waals surface area contributed by atoms with E-state index in [4.69, 9.17) is 5.11 Å². The van der Waals surface area contributed by atoms with Crippen molar-refractivity contribution in [3.05, 3.63) is 36.2 Å². The van der Waals surface area contributed by atoms with Crippen LogP contribution in [0.2, 0.25) is 0 Å². The van der Waals surface area contributed by atoms with Crippen LogP contribution in [0.15, 0.2) is 40.5 Å². The van der Waals surface area contributed by atoms with Gasteiger partial charge in [0, 0.05) is 29.1 Å². The van der Waals surface area contributed by atoms with Crippen LogP contribution < -0.4 is 5.32 Å². The van der Waals surface area contributed by atoms with Gasteiger partial charge in [-0.15, -0.1) is 11.8 Å². The number of carboxylic acid groups (broad SMARTS) is 1. The Morgan fingerprint density at radius 2 is 2.12 bits per heavy atom. The van der Waals surface area contributed by atoms with Crippen LogP contribution >= 0.6 is 23.5 Å². The molecule has 0 aliphatic carbocycles. The Hall–Kier alpha value is -1.77. The van der Waals surface area contributed by atoms with Gasteiger partial charge in [0.25, 0.3) is 0 Å². The number of hydrogen-bond donors (Lipinski definition) is 2. The third-order valence-electron chi connectivity index (χ3n) is 4.55. The summed E-state index contributed by atoms with van der Waals surface area (Å²) < 4.78 is 0. The van der Waals surface area contributed by atoms with Gasteiger partial charge in [0.05, 0.1) is 11.4 Å². The summed E-state index contributed by atoms with van der Waals surface area (Å²) in [5.74, 6) is 0.310. The first-order valence-electron chi connectivity index (χ1n) is 8.62. The largest absolute Gasteiger partial charge is 0.481 e. The summed E-state index contributed by atoms with van der Waals surface area (Å²) >= 11 is 3.22. The highest BCUT2D eigenvalue weighted by Gasteiger charge is 2.22. The summed E-state index contributed by atoms with van der Waals surface area (Å²) in [7, 11) is 0. The second kappa shape index (κ2) is 7.85. The highest BCUT2D eigenvalue weighted by atomic mass is 32.2. The third-order valence-corrected chi connectivity index (χ3v) is 6.98. The van der Waals surface area contributed by atoms with Gasteiger partial charge in [-0.2, -0.15) is 0 Å². The van der Waals surface area contributed by atoms with Crippen LogP contribution in [0.3, 0.4) is 0 Å². The van der Waals surface area contributed by atoms with Crippen LogP contribution in [0.4, 0.5) is 11.5 Å². The van der Waals surface area contributed by atoms with E-state index in [1.807, 2.05) is 0 Å². The second-order valence-electron chi connectivity index (χ2n) is 6.45. The molecule has 6 nitrogen and oxygen atoms in total. The molecule has 0 atom stereocenters. The fourth-order valence-corrected chi connectivity index (χ4v) is 5.06. The number of carbonyl (C=O) groups is 1. The van der Waals surface area contributed by atoms with Crippen molar-refractivity contribution < 1.29 is 9.90 Å².